The zero-order chi connectivity index (χ0) is 9.10. The molecule has 1 fully saturated rings. The van der Waals surface area contributed by atoms with Crippen molar-refractivity contribution in [3.05, 3.63) is 24.0 Å². The van der Waals surface area contributed by atoms with Crippen molar-refractivity contribution in [2.75, 3.05) is 39.8 Å². The van der Waals surface area contributed by atoms with Gasteiger partial charge in [0, 0.05) is 32.7 Å². The van der Waals surface area contributed by atoms with Gasteiger partial charge >= 0.3 is 0 Å². The largest absolute Gasteiger partial charge is 0.368 e. The first-order valence-electron chi connectivity index (χ1n) is 4.90. The maximum Gasteiger partial charge on any atom is 0.102 e. The van der Waals surface area contributed by atoms with Gasteiger partial charge in [0.1, 0.15) is 5.82 Å². The van der Waals surface area contributed by atoms with Gasteiger partial charge in [-0.2, -0.15) is 0 Å². The van der Waals surface area contributed by atoms with Gasteiger partial charge in [-0.15, -0.1) is 0 Å². The zero-order valence-electron chi connectivity index (χ0n) is 8.16. The maximum absolute atomic E-state index is 3.39. The van der Waals surface area contributed by atoms with Crippen molar-refractivity contribution in [1.29, 1.82) is 0 Å². The van der Waals surface area contributed by atoms with Crippen LogP contribution in [-0.2, 0) is 0 Å². The van der Waals surface area contributed by atoms with Crippen molar-refractivity contribution in [2.45, 2.75) is 0 Å². The van der Waals surface area contributed by atoms with Gasteiger partial charge in [0.25, 0.3) is 0 Å². The maximum atomic E-state index is 3.39. The van der Waals surface area contributed by atoms with E-state index in [-0.39, 0.29) is 0 Å². The fourth-order valence-corrected chi connectivity index (χ4v) is 1.71. The Morgan fingerprint density at radius 1 is 1.23 bits per heavy atom. The molecule has 0 amide bonds. The molecule has 2 aliphatic heterocycles. The lowest BCUT2D eigenvalue weighted by Gasteiger charge is -2.36. The second-order valence-corrected chi connectivity index (χ2v) is 3.65. The molecule has 2 aliphatic rings. The van der Waals surface area contributed by atoms with Crippen LogP contribution in [0.25, 0.3) is 0 Å². The molecule has 0 unspecified atom stereocenters. The monoisotopic (exact) mass is 179 g/mol. The number of rotatable bonds is 1. The van der Waals surface area contributed by atoms with Crippen LogP contribution in [0.3, 0.4) is 0 Å². The summed E-state index contributed by atoms with van der Waals surface area (Å²) in [5.41, 5.74) is 0. The number of nitrogens with zero attached hydrogens (tertiary/aromatic N) is 2. The van der Waals surface area contributed by atoms with E-state index >= 15 is 0 Å². The molecule has 0 aliphatic carbocycles. The Morgan fingerprint density at radius 2 is 2.00 bits per heavy atom. The van der Waals surface area contributed by atoms with Crippen LogP contribution >= 0.6 is 0 Å². The molecule has 2 heterocycles. The minimum Gasteiger partial charge on any atom is -0.368 e. The van der Waals surface area contributed by atoms with Crippen LogP contribution in [0.4, 0.5) is 0 Å². The number of likely N-dealkylation sites (N-methyl/N-ethyl adjacent to an activating group) is 1. The third kappa shape index (κ3) is 2.04. The third-order valence-electron chi connectivity index (χ3n) is 2.64. The van der Waals surface area contributed by atoms with E-state index in [2.05, 4.69) is 40.4 Å². The Labute approximate surface area is 79.7 Å². The fourth-order valence-electron chi connectivity index (χ4n) is 1.71. The summed E-state index contributed by atoms with van der Waals surface area (Å²) in [6, 6.07) is 0. The van der Waals surface area contributed by atoms with Gasteiger partial charge in [0.15, 0.2) is 0 Å². The average Bonchev–Trinajstić information content (AvgIpc) is 2.20. The Bertz CT molecular complexity index is 224. The predicted molar refractivity (Wildman–Crippen MR) is 54.3 cm³/mol. The highest BCUT2D eigenvalue weighted by molar-refractivity contribution is 5.16. The minimum atomic E-state index is 0.970. The molecule has 0 aromatic heterocycles. The van der Waals surface area contributed by atoms with Crippen molar-refractivity contribution in [3.8, 4) is 0 Å². The van der Waals surface area contributed by atoms with Gasteiger partial charge < -0.3 is 15.1 Å². The molecule has 0 radical (unpaired) electrons. The van der Waals surface area contributed by atoms with Crippen LogP contribution < -0.4 is 5.32 Å². The number of allylic oxidation sites excluding steroid dienone is 2. The Kier molecular flexibility index (Phi) is 2.54. The number of dihydropyridines is 1. The average molecular weight is 179 g/mol. The van der Waals surface area contributed by atoms with Crippen LogP contribution in [0, 0.1) is 0 Å². The summed E-state index contributed by atoms with van der Waals surface area (Å²) in [4.78, 5) is 4.79. The summed E-state index contributed by atoms with van der Waals surface area (Å²) >= 11 is 0. The molecule has 1 N–H and O–H groups in total. The van der Waals surface area contributed by atoms with Crippen molar-refractivity contribution in [1.82, 2.24) is 15.1 Å². The molecule has 0 spiro atoms. The van der Waals surface area contributed by atoms with E-state index in [4.69, 9.17) is 0 Å². The smallest absolute Gasteiger partial charge is 0.102 e. The molecule has 0 bridgehead atoms. The highest BCUT2D eigenvalue weighted by atomic mass is 15.3. The molecule has 2 rings (SSSR count). The van der Waals surface area contributed by atoms with E-state index in [1.54, 1.807) is 0 Å². The summed E-state index contributed by atoms with van der Waals surface area (Å²) in [7, 11) is 2.18. The molecule has 1 saturated heterocycles. The summed E-state index contributed by atoms with van der Waals surface area (Å²) in [5, 5.41) is 3.39. The number of hydrogen-bond acceptors (Lipinski definition) is 3. The first-order chi connectivity index (χ1) is 6.36. The fraction of sp³-hybridized carbons (Fsp3) is 0.600. The van der Waals surface area contributed by atoms with Gasteiger partial charge in [0.05, 0.1) is 0 Å². The highest BCUT2D eigenvalue weighted by Gasteiger charge is 2.15. The molecule has 0 aromatic rings. The second-order valence-electron chi connectivity index (χ2n) is 3.65. The van der Waals surface area contributed by atoms with Crippen molar-refractivity contribution in [3.63, 3.8) is 0 Å². The van der Waals surface area contributed by atoms with Gasteiger partial charge in [-0.1, -0.05) is 12.2 Å². The molecule has 3 nitrogen and oxygen atoms in total. The van der Waals surface area contributed by atoms with Crippen LogP contribution in [0.2, 0.25) is 0 Å². The molecular formula is C10H17N3. The van der Waals surface area contributed by atoms with E-state index < -0.39 is 0 Å². The van der Waals surface area contributed by atoms with Gasteiger partial charge in [0.2, 0.25) is 0 Å². The summed E-state index contributed by atoms with van der Waals surface area (Å²) < 4.78 is 0. The minimum absolute atomic E-state index is 0.970. The van der Waals surface area contributed by atoms with E-state index in [1.165, 1.54) is 18.9 Å². The summed E-state index contributed by atoms with van der Waals surface area (Å²) in [5.74, 6) is 1.29. The number of piperazine rings is 1. The first-order valence-corrected chi connectivity index (χ1v) is 4.90. The molecular weight excluding hydrogens is 162 g/mol. The quantitative estimate of drug-likeness (QED) is 0.622. The topological polar surface area (TPSA) is 18.5 Å². The zero-order valence-corrected chi connectivity index (χ0v) is 8.16. The SMILES string of the molecule is CN1CCN(C2=CC=CCN2)CC1. The number of nitrogens with one attached hydrogen (secondary N) is 1. The summed E-state index contributed by atoms with van der Waals surface area (Å²) in [6.07, 6.45) is 6.43. The lowest BCUT2D eigenvalue weighted by atomic mass is 10.3. The Balaban J connectivity index is 1.93. The lowest BCUT2D eigenvalue weighted by molar-refractivity contribution is 0.178. The van der Waals surface area contributed by atoms with Gasteiger partial charge in [-0.25, -0.2) is 0 Å². The molecule has 0 aromatic carbocycles. The molecule has 3 heteroatoms. The standard InChI is InChI=1S/C10H17N3/c1-12-6-8-13(9-7-12)10-4-2-3-5-11-10/h2-4,11H,5-9H2,1H3. The molecule has 13 heavy (non-hydrogen) atoms. The van der Waals surface area contributed by atoms with Crippen LogP contribution in [-0.4, -0.2) is 49.6 Å². The van der Waals surface area contributed by atoms with Crippen molar-refractivity contribution >= 4 is 0 Å². The normalized spacial score (nSPS) is 24.1. The molecule has 0 saturated carbocycles. The van der Waals surface area contributed by atoms with Crippen molar-refractivity contribution in [2.24, 2.45) is 0 Å². The lowest BCUT2D eigenvalue weighted by Crippen LogP contribution is -2.46. The summed E-state index contributed by atoms with van der Waals surface area (Å²) in [6.45, 7) is 5.59. The number of hydrogen-bond donors (Lipinski definition) is 1. The van der Waals surface area contributed by atoms with E-state index in [0.29, 0.717) is 0 Å². The van der Waals surface area contributed by atoms with Crippen LogP contribution in [0.1, 0.15) is 0 Å². The molecule has 0 atom stereocenters. The van der Waals surface area contributed by atoms with Crippen LogP contribution in [0.15, 0.2) is 24.0 Å². The second kappa shape index (κ2) is 3.83. The third-order valence-corrected chi connectivity index (χ3v) is 2.64. The highest BCUT2D eigenvalue weighted by Crippen LogP contribution is 2.07. The van der Waals surface area contributed by atoms with Crippen molar-refractivity contribution < 1.29 is 0 Å². The van der Waals surface area contributed by atoms with E-state index in [1.807, 2.05) is 0 Å². The van der Waals surface area contributed by atoms with Crippen LogP contribution in [0.5, 0.6) is 0 Å². The van der Waals surface area contributed by atoms with Gasteiger partial charge in [-0.05, 0) is 13.1 Å². The van der Waals surface area contributed by atoms with E-state index in [0.717, 1.165) is 19.6 Å². The predicted octanol–water partition coefficient (Wildman–Crippen LogP) is 0.235. The Hall–Kier alpha value is -0.960. The van der Waals surface area contributed by atoms with Gasteiger partial charge in [-0.3, -0.25) is 0 Å². The first kappa shape index (κ1) is 8.63. The molecule has 72 valence electrons. The van der Waals surface area contributed by atoms with E-state index in [9.17, 15) is 0 Å². The Morgan fingerprint density at radius 3 is 2.62 bits per heavy atom.